The van der Waals surface area contributed by atoms with Crippen LogP contribution < -0.4 is 0 Å². The van der Waals surface area contributed by atoms with Gasteiger partial charge in [0, 0.05) is 5.57 Å². The maximum atomic E-state index is 13.6. The third kappa shape index (κ3) is 2.71. The number of hydrogen-bond donors (Lipinski definition) is 0. The lowest BCUT2D eigenvalue weighted by Gasteiger charge is -2.30. The topological polar surface area (TPSA) is 0 Å². The van der Waals surface area contributed by atoms with Crippen molar-refractivity contribution >= 4 is 5.57 Å². The second kappa shape index (κ2) is 5.30. The minimum absolute atomic E-state index is 0.439. The SMILES string of the molecule is C=C/C=C(\c1ccccc1)C(F)(F)C(F)(F)C(F)(F)F. The van der Waals surface area contributed by atoms with Gasteiger partial charge in [0.2, 0.25) is 0 Å². The highest BCUT2D eigenvalue weighted by Crippen LogP contribution is 2.52. The quantitative estimate of drug-likeness (QED) is 0.536. The molecule has 0 saturated heterocycles. The minimum atomic E-state index is -6.37. The average Bonchev–Trinajstić information content (AvgIpc) is 2.35. The molecule has 0 amide bonds. The summed E-state index contributed by atoms with van der Waals surface area (Å²) >= 11 is 0. The molecule has 1 aromatic rings. The van der Waals surface area contributed by atoms with E-state index in [9.17, 15) is 30.7 Å². The molecule has 0 aliphatic rings. The van der Waals surface area contributed by atoms with E-state index in [-0.39, 0.29) is 0 Å². The summed E-state index contributed by atoms with van der Waals surface area (Å²) < 4.78 is 89.8. The van der Waals surface area contributed by atoms with Gasteiger partial charge in [0.15, 0.2) is 0 Å². The molecule has 0 atom stereocenters. The van der Waals surface area contributed by atoms with Crippen LogP contribution in [0.5, 0.6) is 0 Å². The maximum Gasteiger partial charge on any atom is 0.460 e. The zero-order valence-electron chi connectivity index (χ0n) is 9.89. The Hall–Kier alpha value is -1.79. The van der Waals surface area contributed by atoms with Gasteiger partial charge < -0.3 is 0 Å². The molecule has 1 rings (SSSR count). The lowest BCUT2D eigenvalue weighted by atomic mass is 9.94. The average molecular weight is 298 g/mol. The van der Waals surface area contributed by atoms with Crippen LogP contribution in [-0.2, 0) is 0 Å². The van der Waals surface area contributed by atoms with E-state index in [1.165, 1.54) is 18.2 Å². The van der Waals surface area contributed by atoms with Crippen LogP contribution in [0.25, 0.3) is 5.57 Å². The summed E-state index contributed by atoms with van der Waals surface area (Å²) in [7, 11) is 0. The third-order valence-electron chi connectivity index (χ3n) is 2.46. The van der Waals surface area contributed by atoms with Gasteiger partial charge in [-0.2, -0.15) is 30.7 Å². The van der Waals surface area contributed by atoms with Gasteiger partial charge in [-0.05, 0) is 5.56 Å². The fourth-order valence-corrected chi connectivity index (χ4v) is 1.46. The summed E-state index contributed by atoms with van der Waals surface area (Å²) in [5.41, 5.74) is -1.89. The standard InChI is InChI=1S/C13H9F7/c1-2-6-10(9-7-4-3-5-8-9)11(14,15)12(16,17)13(18,19)20/h2-8H,1H2/b10-6+. The molecule has 0 aromatic heterocycles. The smallest absolute Gasteiger partial charge is 0.194 e. The molecule has 20 heavy (non-hydrogen) atoms. The molecule has 0 bridgehead atoms. The molecule has 0 spiro atoms. The van der Waals surface area contributed by atoms with Gasteiger partial charge in [-0.3, -0.25) is 0 Å². The summed E-state index contributed by atoms with van der Waals surface area (Å²) in [6, 6.07) is 5.92. The van der Waals surface area contributed by atoms with Crippen molar-refractivity contribution in [3.63, 3.8) is 0 Å². The van der Waals surface area contributed by atoms with E-state index in [0.29, 0.717) is 6.08 Å². The Morgan fingerprint density at radius 3 is 1.80 bits per heavy atom. The molecule has 7 heteroatoms. The van der Waals surface area contributed by atoms with E-state index in [0.717, 1.165) is 18.2 Å². The number of halogens is 7. The van der Waals surface area contributed by atoms with Gasteiger partial charge in [0.05, 0.1) is 0 Å². The Kier molecular flexibility index (Phi) is 4.31. The molecular formula is C13H9F7. The van der Waals surface area contributed by atoms with Crippen LogP contribution >= 0.6 is 0 Å². The number of allylic oxidation sites excluding steroid dienone is 3. The molecule has 0 saturated carbocycles. The highest BCUT2D eigenvalue weighted by Gasteiger charge is 2.74. The van der Waals surface area contributed by atoms with Crippen molar-refractivity contribution in [3.8, 4) is 0 Å². The molecule has 0 heterocycles. The van der Waals surface area contributed by atoms with Crippen LogP contribution in [0.1, 0.15) is 5.56 Å². The van der Waals surface area contributed by atoms with E-state index >= 15 is 0 Å². The van der Waals surface area contributed by atoms with E-state index < -0.39 is 29.2 Å². The first kappa shape index (κ1) is 16.3. The zero-order chi connectivity index (χ0) is 15.6. The monoisotopic (exact) mass is 298 g/mol. The third-order valence-corrected chi connectivity index (χ3v) is 2.46. The van der Waals surface area contributed by atoms with E-state index in [1.54, 1.807) is 0 Å². The maximum absolute atomic E-state index is 13.6. The normalized spacial score (nSPS) is 14.2. The number of hydrogen-bond acceptors (Lipinski definition) is 0. The molecule has 0 nitrogen and oxygen atoms in total. The van der Waals surface area contributed by atoms with Crippen LogP contribution in [0.15, 0.2) is 49.1 Å². The number of rotatable bonds is 4. The van der Waals surface area contributed by atoms with Crippen molar-refractivity contribution in [2.24, 2.45) is 0 Å². The van der Waals surface area contributed by atoms with Crippen molar-refractivity contribution in [2.45, 2.75) is 18.0 Å². The van der Waals surface area contributed by atoms with Crippen LogP contribution in [-0.4, -0.2) is 18.0 Å². The van der Waals surface area contributed by atoms with Crippen molar-refractivity contribution in [2.75, 3.05) is 0 Å². The number of benzene rings is 1. The summed E-state index contributed by atoms with van der Waals surface area (Å²) in [4.78, 5) is 0. The van der Waals surface area contributed by atoms with Crippen LogP contribution in [0.2, 0.25) is 0 Å². The Bertz CT molecular complexity index is 497. The molecule has 0 radical (unpaired) electrons. The van der Waals surface area contributed by atoms with Crippen molar-refractivity contribution in [1.82, 2.24) is 0 Å². The molecule has 0 N–H and O–H groups in total. The van der Waals surface area contributed by atoms with Crippen molar-refractivity contribution < 1.29 is 30.7 Å². The molecule has 0 aliphatic carbocycles. The van der Waals surface area contributed by atoms with Crippen molar-refractivity contribution in [1.29, 1.82) is 0 Å². The Morgan fingerprint density at radius 2 is 1.40 bits per heavy atom. The van der Waals surface area contributed by atoms with Gasteiger partial charge in [0.1, 0.15) is 0 Å². The van der Waals surface area contributed by atoms with Crippen LogP contribution in [0.4, 0.5) is 30.7 Å². The lowest BCUT2D eigenvalue weighted by Crippen LogP contribution is -2.52. The Labute approximate surface area is 110 Å². The molecule has 0 unspecified atom stereocenters. The molecular weight excluding hydrogens is 289 g/mol. The summed E-state index contributed by atoms with van der Waals surface area (Å²) in [6.07, 6.45) is -5.21. The number of alkyl halides is 7. The molecule has 110 valence electrons. The molecule has 0 aliphatic heterocycles. The summed E-state index contributed by atoms with van der Waals surface area (Å²) in [5.74, 6) is -11.6. The second-order valence-corrected chi connectivity index (χ2v) is 3.83. The van der Waals surface area contributed by atoms with E-state index in [4.69, 9.17) is 0 Å². The van der Waals surface area contributed by atoms with Crippen LogP contribution in [0.3, 0.4) is 0 Å². The first-order chi connectivity index (χ1) is 9.05. The fraction of sp³-hybridized carbons (Fsp3) is 0.231. The van der Waals surface area contributed by atoms with E-state index in [1.807, 2.05) is 0 Å². The fourth-order valence-electron chi connectivity index (χ4n) is 1.46. The van der Waals surface area contributed by atoms with Crippen LogP contribution in [0, 0.1) is 0 Å². The zero-order valence-corrected chi connectivity index (χ0v) is 9.89. The first-order valence-electron chi connectivity index (χ1n) is 5.26. The Balaban J connectivity index is 3.43. The minimum Gasteiger partial charge on any atom is -0.194 e. The predicted molar refractivity (Wildman–Crippen MR) is 60.6 cm³/mol. The lowest BCUT2D eigenvalue weighted by molar-refractivity contribution is -0.338. The highest BCUT2D eigenvalue weighted by molar-refractivity contribution is 5.73. The van der Waals surface area contributed by atoms with Gasteiger partial charge in [-0.25, -0.2) is 0 Å². The summed E-state index contributed by atoms with van der Waals surface area (Å²) in [5, 5.41) is 0. The van der Waals surface area contributed by atoms with Gasteiger partial charge in [-0.1, -0.05) is 49.1 Å². The van der Waals surface area contributed by atoms with Gasteiger partial charge >= 0.3 is 18.0 Å². The highest BCUT2D eigenvalue weighted by atomic mass is 19.4. The Morgan fingerprint density at radius 1 is 0.900 bits per heavy atom. The van der Waals surface area contributed by atoms with E-state index in [2.05, 4.69) is 6.58 Å². The predicted octanol–water partition coefficient (Wildman–Crippen LogP) is 5.09. The first-order valence-corrected chi connectivity index (χ1v) is 5.26. The summed E-state index contributed by atoms with van der Waals surface area (Å²) in [6.45, 7) is 3.05. The van der Waals surface area contributed by atoms with Gasteiger partial charge in [-0.15, -0.1) is 0 Å². The second-order valence-electron chi connectivity index (χ2n) is 3.83. The van der Waals surface area contributed by atoms with Crippen molar-refractivity contribution in [3.05, 3.63) is 54.6 Å². The van der Waals surface area contributed by atoms with Gasteiger partial charge in [0.25, 0.3) is 0 Å². The molecule has 1 aromatic carbocycles. The largest absolute Gasteiger partial charge is 0.460 e. The molecule has 0 fully saturated rings.